The van der Waals surface area contributed by atoms with E-state index in [-0.39, 0.29) is 36.3 Å². The van der Waals surface area contributed by atoms with E-state index < -0.39 is 0 Å². The molecule has 1 aromatic carbocycles. The van der Waals surface area contributed by atoms with E-state index in [9.17, 15) is 4.79 Å². The van der Waals surface area contributed by atoms with E-state index in [4.69, 9.17) is 17.3 Å². The third-order valence-electron chi connectivity index (χ3n) is 5.23. The summed E-state index contributed by atoms with van der Waals surface area (Å²) in [6.07, 6.45) is 7.55. The van der Waals surface area contributed by atoms with Crippen LogP contribution < -0.4 is 11.1 Å². The lowest BCUT2D eigenvalue weighted by Crippen LogP contribution is -2.42. The van der Waals surface area contributed by atoms with Crippen LogP contribution in [0.4, 0.5) is 0 Å². The monoisotopic (exact) mass is 356 g/mol. The van der Waals surface area contributed by atoms with Crippen molar-refractivity contribution in [1.82, 2.24) is 5.32 Å². The molecule has 2 saturated carbocycles. The molecule has 3 N–H and O–H groups in total. The van der Waals surface area contributed by atoms with Gasteiger partial charge in [0.05, 0.1) is 6.04 Å². The number of nitrogens with one attached hydrogen (secondary N) is 1. The summed E-state index contributed by atoms with van der Waals surface area (Å²) < 4.78 is 0. The number of hydrogen-bond donors (Lipinski definition) is 2. The van der Waals surface area contributed by atoms with Crippen LogP contribution in [0.3, 0.4) is 0 Å². The van der Waals surface area contributed by atoms with Gasteiger partial charge in [-0.15, -0.1) is 12.4 Å². The Morgan fingerprint density at radius 3 is 2.35 bits per heavy atom. The first-order chi connectivity index (χ1) is 10.6. The summed E-state index contributed by atoms with van der Waals surface area (Å²) in [5.74, 6) is 0.822. The summed E-state index contributed by atoms with van der Waals surface area (Å²) in [5, 5.41) is 4.04. The molecule has 3 unspecified atom stereocenters. The zero-order chi connectivity index (χ0) is 15.5. The Labute approximate surface area is 149 Å². The Morgan fingerprint density at radius 2 is 1.78 bits per heavy atom. The number of rotatable bonds is 4. The van der Waals surface area contributed by atoms with Crippen molar-refractivity contribution in [3.63, 3.8) is 0 Å². The maximum atomic E-state index is 12.6. The fourth-order valence-corrected chi connectivity index (χ4v) is 3.78. The number of carbonyl (C=O) groups excluding carboxylic acids is 1. The second-order valence-corrected chi connectivity index (χ2v) is 7.29. The van der Waals surface area contributed by atoms with Gasteiger partial charge < -0.3 is 11.1 Å². The van der Waals surface area contributed by atoms with Gasteiger partial charge in [0.2, 0.25) is 5.91 Å². The largest absolute Gasteiger partial charge is 0.349 e. The van der Waals surface area contributed by atoms with Gasteiger partial charge in [0, 0.05) is 17.0 Å². The van der Waals surface area contributed by atoms with Gasteiger partial charge in [-0.2, -0.15) is 0 Å². The minimum atomic E-state index is 0. The van der Waals surface area contributed by atoms with Crippen molar-refractivity contribution < 1.29 is 4.79 Å². The average Bonchev–Trinajstić information content (AvgIpc) is 2.45. The fraction of sp³-hybridized carbons (Fsp3) is 0.611. The summed E-state index contributed by atoms with van der Waals surface area (Å²) >= 11 is 5.99. The van der Waals surface area contributed by atoms with Gasteiger partial charge >= 0.3 is 0 Å². The molecule has 0 heterocycles. The third-order valence-corrected chi connectivity index (χ3v) is 5.49. The first-order valence-corrected chi connectivity index (χ1v) is 8.82. The zero-order valence-electron chi connectivity index (χ0n) is 13.3. The molecule has 0 radical (unpaired) electrons. The molecule has 23 heavy (non-hydrogen) atoms. The summed E-state index contributed by atoms with van der Waals surface area (Å²) in [5.41, 5.74) is 7.19. The van der Waals surface area contributed by atoms with Gasteiger partial charge in [-0.05, 0) is 55.7 Å². The van der Waals surface area contributed by atoms with E-state index in [1.807, 2.05) is 24.3 Å². The van der Waals surface area contributed by atoms with Gasteiger partial charge in [0.25, 0.3) is 0 Å². The van der Waals surface area contributed by atoms with Crippen molar-refractivity contribution in [3.05, 3.63) is 34.9 Å². The minimum Gasteiger partial charge on any atom is -0.349 e. The molecule has 128 valence electrons. The molecule has 0 aromatic heterocycles. The molecular formula is C18H26Cl2N2O. The lowest BCUT2D eigenvalue weighted by molar-refractivity contribution is -0.127. The summed E-state index contributed by atoms with van der Waals surface area (Å²) in [4.78, 5) is 12.6. The maximum Gasteiger partial charge on any atom is 0.223 e. The van der Waals surface area contributed by atoms with Gasteiger partial charge in [-0.1, -0.05) is 36.6 Å². The number of halogens is 2. The first-order valence-electron chi connectivity index (χ1n) is 8.45. The molecule has 2 aliphatic rings. The Bertz CT molecular complexity index is 516. The highest BCUT2D eigenvalue weighted by atomic mass is 35.5. The predicted molar refractivity (Wildman–Crippen MR) is 96.9 cm³/mol. The van der Waals surface area contributed by atoms with Crippen LogP contribution in [-0.2, 0) is 4.79 Å². The molecular weight excluding hydrogens is 331 g/mol. The van der Waals surface area contributed by atoms with Crippen LogP contribution in [0.5, 0.6) is 0 Å². The van der Waals surface area contributed by atoms with Crippen LogP contribution in [0.1, 0.15) is 56.6 Å². The Hall–Kier alpha value is -0.770. The van der Waals surface area contributed by atoms with E-state index in [2.05, 4.69) is 5.32 Å². The lowest BCUT2D eigenvalue weighted by atomic mass is 9.76. The van der Waals surface area contributed by atoms with Gasteiger partial charge in [-0.25, -0.2) is 0 Å². The summed E-state index contributed by atoms with van der Waals surface area (Å²) in [7, 11) is 0. The second kappa shape index (κ2) is 8.36. The van der Waals surface area contributed by atoms with Crippen LogP contribution in [-0.4, -0.2) is 11.9 Å². The molecule has 0 aliphatic heterocycles. The van der Waals surface area contributed by atoms with Crippen LogP contribution in [0.2, 0.25) is 5.02 Å². The highest BCUT2D eigenvalue weighted by molar-refractivity contribution is 6.30. The highest BCUT2D eigenvalue weighted by Crippen LogP contribution is 2.38. The normalized spacial score (nSPS) is 25.8. The van der Waals surface area contributed by atoms with E-state index in [1.165, 1.54) is 24.8 Å². The molecule has 3 atom stereocenters. The first kappa shape index (κ1) is 18.6. The number of amides is 1. The molecule has 3 nitrogen and oxygen atoms in total. The number of benzene rings is 1. The molecule has 3 rings (SSSR count). The average molecular weight is 357 g/mol. The van der Waals surface area contributed by atoms with Crippen LogP contribution >= 0.6 is 24.0 Å². The highest BCUT2D eigenvalue weighted by Gasteiger charge is 2.32. The second-order valence-electron chi connectivity index (χ2n) is 6.85. The Morgan fingerprint density at radius 1 is 1.13 bits per heavy atom. The number of hydrogen-bond acceptors (Lipinski definition) is 2. The molecule has 0 saturated heterocycles. The fourth-order valence-electron chi connectivity index (χ4n) is 3.65. The van der Waals surface area contributed by atoms with E-state index in [1.54, 1.807) is 0 Å². The standard InChI is InChI=1S/C18H25ClN2O.ClH/c19-15-9-7-13(8-10-15)17(12-3-1-4-12)21-18(22)14-5-2-6-16(20)11-14;/h7-10,12,14,16-17H,1-6,11,20H2,(H,21,22);1H. The van der Waals surface area contributed by atoms with Crippen LogP contribution in [0.25, 0.3) is 0 Å². The quantitative estimate of drug-likeness (QED) is 0.847. The van der Waals surface area contributed by atoms with Gasteiger partial charge in [0.1, 0.15) is 0 Å². The van der Waals surface area contributed by atoms with Crippen molar-refractivity contribution in [1.29, 1.82) is 0 Å². The Kier molecular flexibility index (Phi) is 6.75. The van der Waals surface area contributed by atoms with Gasteiger partial charge in [0.15, 0.2) is 0 Å². The lowest BCUT2D eigenvalue weighted by Gasteiger charge is -2.36. The summed E-state index contributed by atoms with van der Waals surface area (Å²) in [6, 6.07) is 8.20. The SMILES string of the molecule is Cl.NC1CCCC(C(=O)NC(c2ccc(Cl)cc2)C2CCC2)C1. The Balaban J connectivity index is 0.00000192. The van der Waals surface area contributed by atoms with Crippen molar-refractivity contribution in [2.45, 2.75) is 57.0 Å². The van der Waals surface area contributed by atoms with Gasteiger partial charge in [-0.3, -0.25) is 4.79 Å². The van der Waals surface area contributed by atoms with Crippen LogP contribution in [0.15, 0.2) is 24.3 Å². The van der Waals surface area contributed by atoms with Crippen molar-refractivity contribution in [2.24, 2.45) is 17.6 Å². The molecule has 0 spiro atoms. The molecule has 0 bridgehead atoms. The number of carbonyl (C=O) groups is 1. The van der Waals surface area contributed by atoms with Crippen molar-refractivity contribution in [2.75, 3.05) is 0 Å². The van der Waals surface area contributed by atoms with Crippen molar-refractivity contribution in [3.8, 4) is 0 Å². The predicted octanol–water partition coefficient (Wildman–Crippen LogP) is 4.24. The molecule has 1 amide bonds. The van der Waals surface area contributed by atoms with E-state index in [0.717, 1.165) is 30.7 Å². The van der Waals surface area contributed by atoms with E-state index >= 15 is 0 Å². The van der Waals surface area contributed by atoms with E-state index in [0.29, 0.717) is 5.92 Å². The molecule has 2 fully saturated rings. The van der Waals surface area contributed by atoms with Crippen molar-refractivity contribution >= 4 is 29.9 Å². The zero-order valence-corrected chi connectivity index (χ0v) is 14.9. The van der Waals surface area contributed by atoms with Crippen LogP contribution in [0, 0.1) is 11.8 Å². The topological polar surface area (TPSA) is 55.1 Å². The smallest absolute Gasteiger partial charge is 0.223 e. The summed E-state index contributed by atoms with van der Waals surface area (Å²) in [6.45, 7) is 0. The molecule has 2 aliphatic carbocycles. The molecule has 1 aromatic rings. The number of nitrogens with two attached hydrogens (primary N) is 1. The maximum absolute atomic E-state index is 12.6. The third kappa shape index (κ3) is 4.62. The minimum absolute atomic E-state index is 0. The molecule has 5 heteroatoms.